The van der Waals surface area contributed by atoms with Gasteiger partial charge >= 0.3 is 0 Å². The second kappa shape index (κ2) is 9.50. The molecule has 0 aliphatic rings. The van der Waals surface area contributed by atoms with Gasteiger partial charge in [-0.3, -0.25) is 0 Å². The number of hydrogen-bond acceptors (Lipinski definition) is 5. The van der Waals surface area contributed by atoms with Gasteiger partial charge in [0.1, 0.15) is 11.2 Å². The van der Waals surface area contributed by atoms with Crippen LogP contribution in [0.25, 0.3) is 78.3 Å². The maximum atomic E-state index is 6.40. The van der Waals surface area contributed by atoms with Gasteiger partial charge in [0.2, 0.25) is 0 Å². The summed E-state index contributed by atoms with van der Waals surface area (Å²) in [6.07, 6.45) is 0. The van der Waals surface area contributed by atoms with Crippen LogP contribution in [0.4, 0.5) is 0 Å². The van der Waals surface area contributed by atoms with Gasteiger partial charge < -0.3 is 4.42 Å². The summed E-state index contributed by atoms with van der Waals surface area (Å²) in [6, 6.07) is 44.6. The summed E-state index contributed by atoms with van der Waals surface area (Å²) < 4.78 is 6.40. The molecule has 0 amide bonds. The van der Waals surface area contributed by atoms with E-state index in [4.69, 9.17) is 24.4 Å². The summed E-state index contributed by atoms with van der Waals surface area (Å²) in [7, 11) is 0. The van der Waals surface area contributed by atoms with Gasteiger partial charge in [-0.15, -0.1) is 0 Å². The van der Waals surface area contributed by atoms with Crippen LogP contribution in [-0.4, -0.2) is 19.9 Å². The molecule has 5 heteroatoms. The highest BCUT2D eigenvalue weighted by Crippen LogP contribution is 2.38. The van der Waals surface area contributed by atoms with Crippen molar-refractivity contribution < 1.29 is 4.42 Å². The van der Waals surface area contributed by atoms with Gasteiger partial charge in [-0.05, 0) is 30.3 Å². The van der Waals surface area contributed by atoms with E-state index in [0.717, 1.165) is 60.8 Å². The first-order valence-electron chi connectivity index (χ1n) is 13.5. The van der Waals surface area contributed by atoms with Crippen LogP contribution in [-0.2, 0) is 0 Å². The molecule has 41 heavy (non-hydrogen) atoms. The predicted molar refractivity (Wildman–Crippen MR) is 164 cm³/mol. The molecule has 5 aromatic carbocycles. The predicted octanol–water partition coefficient (Wildman–Crippen LogP) is 8.99. The maximum absolute atomic E-state index is 6.40. The molecule has 192 valence electrons. The van der Waals surface area contributed by atoms with Crippen molar-refractivity contribution in [2.45, 2.75) is 0 Å². The lowest BCUT2D eigenvalue weighted by atomic mass is 10.0. The first kappa shape index (κ1) is 23.2. The Morgan fingerprint density at radius 3 is 1.88 bits per heavy atom. The van der Waals surface area contributed by atoms with Crippen molar-refractivity contribution in [1.29, 1.82) is 0 Å². The number of para-hydroxylation sites is 1. The van der Waals surface area contributed by atoms with Crippen molar-refractivity contribution in [3.63, 3.8) is 0 Å². The van der Waals surface area contributed by atoms with E-state index >= 15 is 0 Å². The topological polar surface area (TPSA) is 64.7 Å². The van der Waals surface area contributed by atoms with E-state index in [0.29, 0.717) is 17.5 Å². The summed E-state index contributed by atoms with van der Waals surface area (Å²) in [5.74, 6) is 1.86. The highest BCUT2D eigenvalue weighted by Gasteiger charge is 2.18. The average molecular weight is 527 g/mol. The normalized spacial score (nSPS) is 11.4. The van der Waals surface area contributed by atoms with Crippen molar-refractivity contribution in [1.82, 2.24) is 19.9 Å². The van der Waals surface area contributed by atoms with Crippen LogP contribution < -0.4 is 0 Å². The molecular formula is C36H22N4O. The molecule has 0 spiro atoms. The zero-order valence-electron chi connectivity index (χ0n) is 21.9. The quantitative estimate of drug-likeness (QED) is 0.229. The average Bonchev–Trinajstić information content (AvgIpc) is 3.43. The molecule has 0 bridgehead atoms. The second-order valence-corrected chi connectivity index (χ2v) is 9.92. The van der Waals surface area contributed by atoms with Gasteiger partial charge in [-0.25, -0.2) is 19.9 Å². The Labute approximate surface area is 235 Å². The summed E-state index contributed by atoms with van der Waals surface area (Å²) in [4.78, 5) is 19.6. The number of hydrogen-bond donors (Lipinski definition) is 0. The van der Waals surface area contributed by atoms with Crippen LogP contribution in [0.1, 0.15) is 0 Å². The van der Waals surface area contributed by atoms with Crippen LogP contribution in [0.3, 0.4) is 0 Å². The molecule has 8 aromatic rings. The van der Waals surface area contributed by atoms with Crippen molar-refractivity contribution in [3.05, 3.63) is 133 Å². The third-order valence-corrected chi connectivity index (χ3v) is 7.33. The van der Waals surface area contributed by atoms with Crippen molar-refractivity contribution >= 4 is 32.8 Å². The summed E-state index contributed by atoms with van der Waals surface area (Å²) >= 11 is 0. The molecule has 0 unspecified atom stereocenters. The standard InChI is InChI=1S/C36H22N4O/c1-3-11-24(12-4-1)34-38-35(25-13-5-2-6-14-25)40-36(39-34)28-15-9-17-31-33(28)27-20-18-26(22-32(27)41-31)30-21-19-23-10-7-8-16-29(23)37-30/h1-22H. The molecule has 8 rings (SSSR count). The zero-order chi connectivity index (χ0) is 27.2. The van der Waals surface area contributed by atoms with Crippen molar-refractivity contribution in [2.75, 3.05) is 0 Å². The van der Waals surface area contributed by atoms with Crippen molar-refractivity contribution in [2.24, 2.45) is 0 Å². The minimum Gasteiger partial charge on any atom is -0.456 e. The fourth-order valence-corrected chi connectivity index (χ4v) is 5.33. The maximum Gasteiger partial charge on any atom is 0.164 e. The molecule has 0 N–H and O–H groups in total. The SMILES string of the molecule is c1ccc(-c2nc(-c3ccccc3)nc(-c3cccc4oc5cc(-c6ccc7ccccc7n6)ccc5c34)n2)cc1. The van der Waals surface area contributed by atoms with Gasteiger partial charge in [0.25, 0.3) is 0 Å². The fourth-order valence-electron chi connectivity index (χ4n) is 5.33. The summed E-state index contributed by atoms with van der Waals surface area (Å²) in [6.45, 7) is 0. The second-order valence-electron chi connectivity index (χ2n) is 9.92. The minimum atomic E-state index is 0.603. The lowest BCUT2D eigenvalue weighted by Crippen LogP contribution is -2.00. The molecule has 0 radical (unpaired) electrons. The largest absolute Gasteiger partial charge is 0.456 e. The van der Waals surface area contributed by atoms with Gasteiger partial charge in [0.15, 0.2) is 17.5 Å². The molecule has 0 aliphatic carbocycles. The highest BCUT2D eigenvalue weighted by molar-refractivity contribution is 6.12. The number of rotatable bonds is 4. The first-order chi connectivity index (χ1) is 20.3. The number of furan rings is 1. The number of benzene rings is 5. The van der Waals surface area contributed by atoms with Crippen molar-refractivity contribution in [3.8, 4) is 45.4 Å². The van der Waals surface area contributed by atoms with Gasteiger partial charge in [0.05, 0.1) is 11.2 Å². The first-order valence-corrected chi connectivity index (χ1v) is 13.5. The van der Waals surface area contributed by atoms with Gasteiger partial charge in [-0.2, -0.15) is 0 Å². The molecule has 5 nitrogen and oxygen atoms in total. The molecule has 0 aliphatic heterocycles. The Morgan fingerprint density at radius 2 is 1.12 bits per heavy atom. The summed E-state index contributed by atoms with van der Waals surface area (Å²) in [5.41, 5.74) is 7.22. The van der Waals surface area contributed by atoms with Crippen LogP contribution in [0.2, 0.25) is 0 Å². The molecule has 0 fully saturated rings. The van der Waals surface area contributed by atoms with Crippen LogP contribution >= 0.6 is 0 Å². The Bertz CT molecular complexity index is 2150. The number of nitrogens with zero attached hydrogens (tertiary/aromatic N) is 4. The van der Waals surface area contributed by atoms with Crippen LogP contribution in [0.15, 0.2) is 138 Å². The third kappa shape index (κ3) is 4.12. The van der Waals surface area contributed by atoms with E-state index in [-0.39, 0.29) is 0 Å². The monoisotopic (exact) mass is 526 g/mol. The molecule has 3 aromatic heterocycles. The Hall–Kier alpha value is -5.68. The molecule has 0 atom stereocenters. The highest BCUT2D eigenvalue weighted by atomic mass is 16.3. The molecule has 0 saturated heterocycles. The van der Waals surface area contributed by atoms with E-state index < -0.39 is 0 Å². The Balaban J connectivity index is 1.31. The fraction of sp³-hybridized carbons (Fsp3) is 0. The van der Waals surface area contributed by atoms with E-state index in [1.165, 1.54) is 0 Å². The number of aromatic nitrogens is 4. The molecular weight excluding hydrogens is 504 g/mol. The molecule has 0 saturated carbocycles. The van der Waals surface area contributed by atoms with E-state index in [1.54, 1.807) is 0 Å². The van der Waals surface area contributed by atoms with Crippen LogP contribution in [0.5, 0.6) is 0 Å². The minimum absolute atomic E-state index is 0.603. The Kier molecular flexibility index (Phi) is 5.38. The van der Waals surface area contributed by atoms with E-state index in [2.05, 4.69) is 42.5 Å². The smallest absolute Gasteiger partial charge is 0.164 e. The van der Waals surface area contributed by atoms with Crippen LogP contribution in [0, 0.1) is 0 Å². The van der Waals surface area contributed by atoms with E-state index in [9.17, 15) is 0 Å². The lowest BCUT2D eigenvalue weighted by molar-refractivity contribution is 0.669. The van der Waals surface area contributed by atoms with Gasteiger partial charge in [-0.1, -0.05) is 103 Å². The third-order valence-electron chi connectivity index (χ3n) is 7.33. The Morgan fingerprint density at radius 1 is 0.439 bits per heavy atom. The number of fused-ring (bicyclic) bond motifs is 4. The van der Waals surface area contributed by atoms with E-state index in [1.807, 2.05) is 91.0 Å². The van der Waals surface area contributed by atoms with Gasteiger partial charge in [0, 0.05) is 38.4 Å². The molecule has 3 heterocycles. The lowest BCUT2D eigenvalue weighted by Gasteiger charge is -2.09. The zero-order valence-corrected chi connectivity index (χ0v) is 21.9. The summed E-state index contributed by atoms with van der Waals surface area (Å²) in [5, 5.41) is 3.10. The number of pyridine rings is 1.